The molecular weight excluding hydrogens is 108 g/mol. The second kappa shape index (κ2) is 2.07. The second-order valence-corrected chi connectivity index (χ2v) is 2.00. The third-order valence-electron chi connectivity index (χ3n) is 0.782. The van der Waals surface area contributed by atoms with E-state index in [4.69, 9.17) is 17.0 Å². The molecule has 0 radical (unpaired) electrons. The van der Waals surface area contributed by atoms with Crippen LogP contribution in [0, 0.1) is 0 Å². The van der Waals surface area contributed by atoms with E-state index in [1.54, 1.807) is 6.26 Å². The Balaban J connectivity index is 2.47. The molecule has 1 nitrogen and oxygen atoms in total. The molecule has 2 heteroatoms. The van der Waals surface area contributed by atoms with Crippen LogP contribution in [0.2, 0.25) is 0 Å². The van der Waals surface area contributed by atoms with Crippen LogP contribution in [0.3, 0.4) is 0 Å². The molecule has 1 heterocycles. The van der Waals surface area contributed by atoms with Crippen molar-refractivity contribution in [2.24, 2.45) is 0 Å². The molecule has 0 saturated heterocycles. The molecule has 0 aromatic heterocycles. The molecule has 0 unspecified atom stereocenters. The highest BCUT2D eigenvalue weighted by Crippen LogP contribution is 1.97. The Morgan fingerprint density at radius 3 is 2.86 bits per heavy atom. The average Bonchev–Trinajstić information content (AvgIpc) is 1.69. The van der Waals surface area contributed by atoms with Crippen molar-refractivity contribution in [3.63, 3.8) is 0 Å². The first-order valence-corrected chi connectivity index (χ1v) is 2.59. The highest BCUT2D eigenvalue weighted by molar-refractivity contribution is 7.80. The summed E-state index contributed by atoms with van der Waals surface area (Å²) in [5.74, 6) is 0. The predicted octanol–water partition coefficient (Wildman–Crippen LogP) is 1.29. The van der Waals surface area contributed by atoms with E-state index in [-0.39, 0.29) is 0 Å². The Bertz CT molecular complexity index is 107. The second-order valence-electron chi connectivity index (χ2n) is 1.43. The van der Waals surface area contributed by atoms with Gasteiger partial charge in [-0.05, 0) is 6.08 Å². The fourth-order valence-corrected chi connectivity index (χ4v) is 0.612. The lowest BCUT2D eigenvalue weighted by Gasteiger charge is -2.04. The zero-order valence-corrected chi connectivity index (χ0v) is 4.70. The van der Waals surface area contributed by atoms with Crippen LogP contribution in [0.25, 0.3) is 0 Å². The van der Waals surface area contributed by atoms with Gasteiger partial charge in [0.2, 0.25) is 0 Å². The van der Waals surface area contributed by atoms with E-state index in [2.05, 4.69) is 0 Å². The van der Waals surface area contributed by atoms with Gasteiger partial charge in [-0.25, -0.2) is 0 Å². The third kappa shape index (κ3) is 1.27. The number of rotatable bonds is 0. The summed E-state index contributed by atoms with van der Waals surface area (Å²) in [5, 5.41) is 0. The number of thiocarbonyl (C=S) groups is 1. The topological polar surface area (TPSA) is 9.23 Å². The first-order chi connectivity index (χ1) is 3.39. The number of allylic oxidation sites excluding steroid dienone is 1. The molecule has 1 aliphatic rings. The van der Waals surface area contributed by atoms with E-state index in [1.807, 2.05) is 6.08 Å². The SMILES string of the molecule is S=C1CC=COC1. The van der Waals surface area contributed by atoms with Gasteiger partial charge < -0.3 is 4.74 Å². The molecule has 0 bridgehead atoms. The van der Waals surface area contributed by atoms with Crippen molar-refractivity contribution in [2.45, 2.75) is 6.42 Å². The highest BCUT2D eigenvalue weighted by atomic mass is 32.1. The van der Waals surface area contributed by atoms with Crippen LogP contribution < -0.4 is 0 Å². The summed E-state index contributed by atoms with van der Waals surface area (Å²) < 4.78 is 4.86. The molecule has 0 aromatic rings. The Kier molecular flexibility index (Phi) is 1.42. The third-order valence-corrected chi connectivity index (χ3v) is 1.07. The van der Waals surface area contributed by atoms with E-state index in [9.17, 15) is 0 Å². The monoisotopic (exact) mass is 114 g/mol. The van der Waals surface area contributed by atoms with Crippen LogP contribution in [0.1, 0.15) is 6.42 Å². The van der Waals surface area contributed by atoms with Gasteiger partial charge in [0.05, 0.1) is 6.26 Å². The van der Waals surface area contributed by atoms with Crippen LogP contribution >= 0.6 is 12.2 Å². The minimum Gasteiger partial charge on any atom is -0.496 e. The quantitative estimate of drug-likeness (QED) is 0.439. The van der Waals surface area contributed by atoms with Gasteiger partial charge in [0.1, 0.15) is 6.61 Å². The van der Waals surface area contributed by atoms with Crippen molar-refractivity contribution in [3.8, 4) is 0 Å². The van der Waals surface area contributed by atoms with E-state index >= 15 is 0 Å². The van der Waals surface area contributed by atoms with E-state index in [0.29, 0.717) is 6.61 Å². The molecule has 0 aliphatic carbocycles. The zero-order valence-electron chi connectivity index (χ0n) is 3.89. The van der Waals surface area contributed by atoms with E-state index in [0.717, 1.165) is 11.3 Å². The summed E-state index contributed by atoms with van der Waals surface area (Å²) >= 11 is 4.83. The van der Waals surface area contributed by atoms with Crippen molar-refractivity contribution in [2.75, 3.05) is 6.61 Å². The maximum absolute atomic E-state index is 4.86. The van der Waals surface area contributed by atoms with E-state index in [1.165, 1.54) is 0 Å². The highest BCUT2D eigenvalue weighted by Gasteiger charge is 1.96. The summed E-state index contributed by atoms with van der Waals surface area (Å²) in [6, 6.07) is 0. The van der Waals surface area contributed by atoms with Gasteiger partial charge in [0.15, 0.2) is 0 Å². The Labute approximate surface area is 48.0 Å². The van der Waals surface area contributed by atoms with Gasteiger partial charge in [-0.3, -0.25) is 0 Å². The van der Waals surface area contributed by atoms with Crippen molar-refractivity contribution in [3.05, 3.63) is 12.3 Å². The van der Waals surface area contributed by atoms with Crippen molar-refractivity contribution < 1.29 is 4.74 Å². The largest absolute Gasteiger partial charge is 0.496 e. The molecule has 0 fully saturated rings. The molecule has 1 rings (SSSR count). The van der Waals surface area contributed by atoms with Crippen molar-refractivity contribution in [1.29, 1.82) is 0 Å². The number of hydrogen-bond donors (Lipinski definition) is 0. The summed E-state index contributed by atoms with van der Waals surface area (Å²) in [6.45, 7) is 0.631. The lowest BCUT2D eigenvalue weighted by atomic mass is 10.3. The minimum atomic E-state index is 0.631. The molecule has 38 valence electrons. The maximum Gasteiger partial charge on any atom is 0.119 e. The molecule has 1 aliphatic heterocycles. The number of hydrogen-bond acceptors (Lipinski definition) is 2. The first-order valence-electron chi connectivity index (χ1n) is 2.18. The summed E-state index contributed by atoms with van der Waals surface area (Å²) in [6.07, 6.45) is 4.52. The summed E-state index contributed by atoms with van der Waals surface area (Å²) in [7, 11) is 0. The fourth-order valence-electron chi connectivity index (χ4n) is 0.448. The van der Waals surface area contributed by atoms with Gasteiger partial charge >= 0.3 is 0 Å². The van der Waals surface area contributed by atoms with Gasteiger partial charge in [-0.2, -0.15) is 0 Å². The molecule has 0 atom stereocenters. The summed E-state index contributed by atoms with van der Waals surface area (Å²) in [4.78, 5) is 0.988. The Hall–Kier alpha value is -0.370. The first kappa shape index (κ1) is 4.78. The van der Waals surface area contributed by atoms with Crippen LogP contribution in [0.5, 0.6) is 0 Å². The molecule has 0 N–H and O–H groups in total. The van der Waals surface area contributed by atoms with Crippen LogP contribution in [0.15, 0.2) is 12.3 Å². The van der Waals surface area contributed by atoms with Crippen LogP contribution in [-0.4, -0.2) is 11.5 Å². The maximum atomic E-state index is 4.86. The zero-order chi connectivity index (χ0) is 5.11. The minimum absolute atomic E-state index is 0.631. The van der Waals surface area contributed by atoms with E-state index < -0.39 is 0 Å². The smallest absolute Gasteiger partial charge is 0.119 e. The Morgan fingerprint density at radius 1 is 1.71 bits per heavy atom. The van der Waals surface area contributed by atoms with Gasteiger partial charge in [0, 0.05) is 11.3 Å². The van der Waals surface area contributed by atoms with Gasteiger partial charge in [-0.15, -0.1) is 0 Å². The van der Waals surface area contributed by atoms with Crippen molar-refractivity contribution in [1.82, 2.24) is 0 Å². The molecule has 0 amide bonds. The molecule has 7 heavy (non-hydrogen) atoms. The predicted molar refractivity (Wildman–Crippen MR) is 32.3 cm³/mol. The standard InChI is InChI=1S/C5H6OS/c7-5-2-1-3-6-4-5/h1,3H,2,4H2. The lowest BCUT2D eigenvalue weighted by Crippen LogP contribution is -2.05. The summed E-state index contributed by atoms with van der Waals surface area (Å²) in [5.41, 5.74) is 0. The van der Waals surface area contributed by atoms with Crippen LogP contribution in [0.4, 0.5) is 0 Å². The van der Waals surface area contributed by atoms with Gasteiger partial charge in [-0.1, -0.05) is 12.2 Å². The average molecular weight is 114 g/mol. The fraction of sp³-hybridized carbons (Fsp3) is 0.400. The molecule has 0 saturated carbocycles. The Morgan fingerprint density at radius 2 is 2.57 bits per heavy atom. The number of ether oxygens (including phenoxy) is 1. The molecule has 0 aromatic carbocycles. The van der Waals surface area contributed by atoms with Gasteiger partial charge in [0.25, 0.3) is 0 Å². The molecule has 0 spiro atoms. The van der Waals surface area contributed by atoms with Crippen LogP contribution in [-0.2, 0) is 4.74 Å². The molecular formula is C5H6OS. The van der Waals surface area contributed by atoms with Crippen molar-refractivity contribution >= 4 is 17.1 Å². The lowest BCUT2D eigenvalue weighted by molar-refractivity contribution is 0.296. The normalized spacial score (nSPS) is 19.1.